The number of hydrogen-bond donors (Lipinski definition) is 0. The van der Waals surface area contributed by atoms with Crippen LogP contribution in [0.2, 0.25) is 5.02 Å². The molecule has 0 spiro atoms. The van der Waals surface area contributed by atoms with Crippen LogP contribution in [-0.2, 0) is 0 Å². The number of allylic oxidation sites excluding steroid dienone is 9. The third-order valence-corrected chi connectivity index (χ3v) is 3.26. The number of nitro benzene ring substituents is 1. The molecule has 0 N–H and O–H groups in total. The number of nitrogens with zero attached hydrogens (tertiary/aromatic N) is 1. The molecular formula is C17H14ClNO2. The summed E-state index contributed by atoms with van der Waals surface area (Å²) in [5, 5.41) is 11.5. The predicted molar refractivity (Wildman–Crippen MR) is 87.3 cm³/mol. The Morgan fingerprint density at radius 1 is 1.38 bits per heavy atom. The van der Waals surface area contributed by atoms with Crippen molar-refractivity contribution in [3.63, 3.8) is 0 Å². The van der Waals surface area contributed by atoms with Crippen molar-refractivity contribution < 1.29 is 4.92 Å². The minimum Gasteiger partial charge on any atom is -0.258 e. The topological polar surface area (TPSA) is 43.1 Å². The Labute approximate surface area is 128 Å². The fourth-order valence-corrected chi connectivity index (χ4v) is 2.13. The highest BCUT2D eigenvalue weighted by atomic mass is 35.5. The second-order valence-corrected chi connectivity index (χ2v) is 4.97. The minimum absolute atomic E-state index is 0.00204. The second kappa shape index (κ2) is 6.86. The van der Waals surface area contributed by atoms with E-state index < -0.39 is 4.92 Å². The summed E-state index contributed by atoms with van der Waals surface area (Å²) < 4.78 is 0. The maximum absolute atomic E-state index is 11.0. The van der Waals surface area contributed by atoms with Crippen LogP contribution in [0.4, 0.5) is 5.69 Å². The molecule has 0 amide bonds. The van der Waals surface area contributed by atoms with Crippen molar-refractivity contribution in [2.75, 3.05) is 0 Å². The van der Waals surface area contributed by atoms with E-state index in [4.69, 9.17) is 11.6 Å². The second-order valence-electron chi connectivity index (χ2n) is 4.54. The maximum Gasteiger partial charge on any atom is 0.277 e. The Hall–Kier alpha value is -2.39. The van der Waals surface area contributed by atoms with E-state index in [2.05, 4.69) is 12.7 Å². The molecule has 0 atom stereocenters. The summed E-state index contributed by atoms with van der Waals surface area (Å²) in [6.07, 6.45) is 14.5. The zero-order chi connectivity index (χ0) is 15.2. The molecule has 0 fully saturated rings. The van der Waals surface area contributed by atoms with Gasteiger partial charge in [0.25, 0.3) is 5.69 Å². The molecule has 0 saturated carbocycles. The maximum atomic E-state index is 11.0. The number of nitro groups is 1. The first kappa shape index (κ1) is 15.0. The highest BCUT2D eigenvalue weighted by Gasteiger charge is 2.14. The van der Waals surface area contributed by atoms with Gasteiger partial charge in [0.1, 0.15) is 0 Å². The van der Waals surface area contributed by atoms with Crippen LogP contribution in [0, 0.1) is 10.1 Å². The van der Waals surface area contributed by atoms with Gasteiger partial charge in [0.15, 0.2) is 0 Å². The summed E-state index contributed by atoms with van der Waals surface area (Å²) in [4.78, 5) is 10.6. The zero-order valence-corrected chi connectivity index (χ0v) is 12.1. The third-order valence-electron chi connectivity index (χ3n) is 3.02. The van der Waals surface area contributed by atoms with E-state index in [9.17, 15) is 10.1 Å². The van der Waals surface area contributed by atoms with Crippen LogP contribution in [0.5, 0.6) is 0 Å². The van der Waals surface area contributed by atoms with Crippen LogP contribution >= 0.6 is 11.6 Å². The molecular weight excluding hydrogens is 286 g/mol. The fourth-order valence-electron chi connectivity index (χ4n) is 1.96. The molecule has 4 heteroatoms. The molecule has 0 unspecified atom stereocenters. The quantitative estimate of drug-likeness (QED) is 0.432. The molecule has 3 nitrogen and oxygen atoms in total. The predicted octanol–water partition coefficient (Wildman–Crippen LogP) is 5.26. The standard InChI is InChI=1S/C17H14ClNO2/c1-13(6-5-9-14-7-3-2-4-8-14)16-12-15(18)10-11-17(16)19(20)21/h2-7,9-12H,1,8H2/b6-5-,14-9-. The lowest BCUT2D eigenvalue weighted by atomic mass is 10.0. The molecule has 1 aliphatic carbocycles. The molecule has 2 rings (SSSR count). The van der Waals surface area contributed by atoms with Crippen molar-refractivity contribution in [2.45, 2.75) is 6.42 Å². The van der Waals surface area contributed by atoms with Gasteiger partial charge in [-0.3, -0.25) is 10.1 Å². The molecule has 21 heavy (non-hydrogen) atoms. The molecule has 1 aromatic carbocycles. The Morgan fingerprint density at radius 2 is 2.19 bits per heavy atom. The molecule has 0 saturated heterocycles. The first-order chi connectivity index (χ1) is 10.1. The average Bonchev–Trinajstić information content (AvgIpc) is 2.47. The smallest absolute Gasteiger partial charge is 0.258 e. The first-order valence-electron chi connectivity index (χ1n) is 6.41. The van der Waals surface area contributed by atoms with E-state index in [1.165, 1.54) is 17.7 Å². The molecule has 0 heterocycles. The van der Waals surface area contributed by atoms with Crippen molar-refractivity contribution in [1.82, 2.24) is 0 Å². The van der Waals surface area contributed by atoms with Crippen LogP contribution in [0.15, 0.2) is 72.9 Å². The molecule has 106 valence electrons. The summed E-state index contributed by atoms with van der Waals surface area (Å²) in [6.45, 7) is 3.88. The van der Waals surface area contributed by atoms with Gasteiger partial charge in [-0.05, 0) is 29.7 Å². The van der Waals surface area contributed by atoms with Crippen molar-refractivity contribution in [3.8, 4) is 0 Å². The number of hydrogen-bond acceptors (Lipinski definition) is 2. The van der Waals surface area contributed by atoms with Crippen molar-refractivity contribution in [3.05, 3.63) is 93.6 Å². The van der Waals surface area contributed by atoms with E-state index in [1.54, 1.807) is 12.1 Å². The van der Waals surface area contributed by atoms with Crippen LogP contribution in [0.3, 0.4) is 0 Å². The SMILES string of the molecule is C=C(/C=C\C=C1\C=CC=CC1)c1cc(Cl)ccc1[N+](=O)[O-]. The van der Waals surface area contributed by atoms with E-state index in [1.807, 2.05) is 30.4 Å². The molecule has 0 bridgehead atoms. The van der Waals surface area contributed by atoms with Gasteiger partial charge < -0.3 is 0 Å². The monoisotopic (exact) mass is 299 g/mol. The lowest BCUT2D eigenvalue weighted by molar-refractivity contribution is -0.385. The van der Waals surface area contributed by atoms with Crippen LogP contribution < -0.4 is 0 Å². The fraction of sp³-hybridized carbons (Fsp3) is 0.0588. The van der Waals surface area contributed by atoms with Gasteiger partial charge >= 0.3 is 0 Å². The van der Waals surface area contributed by atoms with Crippen molar-refractivity contribution in [1.29, 1.82) is 0 Å². The largest absolute Gasteiger partial charge is 0.277 e. The number of rotatable bonds is 4. The zero-order valence-electron chi connectivity index (χ0n) is 11.3. The summed E-state index contributed by atoms with van der Waals surface area (Å²) >= 11 is 5.90. The van der Waals surface area contributed by atoms with Gasteiger partial charge in [0, 0.05) is 11.1 Å². The van der Waals surface area contributed by atoms with Crippen molar-refractivity contribution in [2.24, 2.45) is 0 Å². The van der Waals surface area contributed by atoms with Crippen LogP contribution in [0.1, 0.15) is 12.0 Å². The molecule has 1 aliphatic rings. The Kier molecular flexibility index (Phi) is 4.90. The van der Waals surface area contributed by atoms with Gasteiger partial charge in [-0.1, -0.05) is 60.7 Å². The molecule has 0 aromatic heterocycles. The number of halogens is 1. The lowest BCUT2D eigenvalue weighted by Crippen LogP contribution is -1.93. The van der Waals surface area contributed by atoms with E-state index in [-0.39, 0.29) is 5.69 Å². The van der Waals surface area contributed by atoms with E-state index in [0.717, 1.165) is 6.42 Å². The van der Waals surface area contributed by atoms with Gasteiger partial charge in [-0.2, -0.15) is 0 Å². The van der Waals surface area contributed by atoms with Gasteiger partial charge in [-0.25, -0.2) is 0 Å². The Balaban J connectivity index is 2.20. The van der Waals surface area contributed by atoms with Gasteiger partial charge in [-0.15, -0.1) is 0 Å². The molecule has 0 radical (unpaired) electrons. The normalized spacial score (nSPS) is 15.8. The third kappa shape index (κ3) is 4.04. The summed E-state index contributed by atoms with van der Waals surface area (Å²) in [7, 11) is 0. The van der Waals surface area contributed by atoms with Crippen molar-refractivity contribution >= 4 is 22.9 Å². The summed E-state index contributed by atoms with van der Waals surface area (Å²) in [5.41, 5.74) is 2.15. The highest BCUT2D eigenvalue weighted by molar-refractivity contribution is 6.30. The Morgan fingerprint density at radius 3 is 2.86 bits per heavy atom. The molecule has 0 aliphatic heterocycles. The summed E-state index contributed by atoms with van der Waals surface area (Å²) in [5.74, 6) is 0. The summed E-state index contributed by atoms with van der Waals surface area (Å²) in [6, 6.07) is 4.45. The minimum atomic E-state index is -0.433. The average molecular weight is 300 g/mol. The van der Waals surface area contributed by atoms with Gasteiger partial charge in [0.05, 0.1) is 10.5 Å². The van der Waals surface area contributed by atoms with Gasteiger partial charge in [0.2, 0.25) is 0 Å². The molecule has 1 aromatic rings. The Bertz CT molecular complexity index is 697. The number of benzene rings is 1. The van der Waals surface area contributed by atoms with Crippen LogP contribution in [-0.4, -0.2) is 4.92 Å². The van der Waals surface area contributed by atoms with E-state index in [0.29, 0.717) is 16.2 Å². The first-order valence-corrected chi connectivity index (χ1v) is 6.79. The van der Waals surface area contributed by atoms with Crippen LogP contribution in [0.25, 0.3) is 5.57 Å². The van der Waals surface area contributed by atoms with E-state index >= 15 is 0 Å². The highest BCUT2D eigenvalue weighted by Crippen LogP contribution is 2.28. The lowest BCUT2D eigenvalue weighted by Gasteiger charge is -2.03.